The maximum absolute atomic E-state index is 13.2. The lowest BCUT2D eigenvalue weighted by Crippen LogP contribution is -2.53. The molecule has 2 amide bonds. The topological polar surface area (TPSA) is 59.1 Å². The standard InChI is InChI=1S/C21H28N2O4/c1-26-17-9-10-21(27-2)11-13-23(18(21)14-17)20(25)15-5-7-16(8-6-15)22-12-3-4-19(22)24/h5-8,17-18H,3-4,9-14H2,1-2H3/t17-,18+,21-/m1/s1. The molecule has 1 aromatic carbocycles. The number of rotatable bonds is 4. The molecule has 0 spiro atoms. The van der Waals surface area contributed by atoms with Crippen molar-refractivity contribution in [2.75, 3.05) is 32.2 Å². The highest BCUT2D eigenvalue weighted by molar-refractivity contribution is 5.97. The van der Waals surface area contributed by atoms with E-state index in [-0.39, 0.29) is 29.6 Å². The molecule has 0 aromatic heterocycles. The van der Waals surface area contributed by atoms with Gasteiger partial charge in [-0.2, -0.15) is 0 Å². The molecule has 0 unspecified atom stereocenters. The van der Waals surface area contributed by atoms with Crippen LogP contribution in [0.1, 0.15) is 48.9 Å². The number of hydrogen-bond donors (Lipinski definition) is 0. The van der Waals surface area contributed by atoms with Crippen molar-refractivity contribution in [2.45, 2.75) is 56.3 Å². The lowest BCUT2D eigenvalue weighted by Gasteiger charge is -2.43. The molecule has 2 saturated heterocycles. The van der Waals surface area contributed by atoms with E-state index in [4.69, 9.17) is 9.47 Å². The maximum Gasteiger partial charge on any atom is 0.254 e. The Morgan fingerprint density at radius 1 is 1.15 bits per heavy atom. The van der Waals surface area contributed by atoms with E-state index in [0.717, 1.165) is 44.3 Å². The summed E-state index contributed by atoms with van der Waals surface area (Å²) in [5, 5.41) is 0. The molecule has 146 valence electrons. The number of carbonyl (C=O) groups excluding carboxylic acids is 2. The molecule has 3 atom stereocenters. The molecule has 0 bridgehead atoms. The summed E-state index contributed by atoms with van der Waals surface area (Å²) in [6, 6.07) is 7.50. The van der Waals surface area contributed by atoms with Gasteiger partial charge in [0.15, 0.2) is 0 Å². The van der Waals surface area contributed by atoms with Gasteiger partial charge in [0.05, 0.1) is 17.7 Å². The van der Waals surface area contributed by atoms with Gasteiger partial charge in [-0.3, -0.25) is 9.59 Å². The van der Waals surface area contributed by atoms with Crippen molar-refractivity contribution in [1.29, 1.82) is 0 Å². The summed E-state index contributed by atoms with van der Waals surface area (Å²) >= 11 is 0. The first-order valence-electron chi connectivity index (χ1n) is 9.87. The highest BCUT2D eigenvalue weighted by Gasteiger charge is 2.52. The molecule has 2 aliphatic heterocycles. The number of amides is 2. The van der Waals surface area contributed by atoms with Gasteiger partial charge in [0, 0.05) is 45.0 Å². The maximum atomic E-state index is 13.2. The minimum absolute atomic E-state index is 0.0370. The lowest BCUT2D eigenvalue weighted by molar-refractivity contribution is -0.117. The van der Waals surface area contributed by atoms with E-state index < -0.39 is 0 Å². The fraction of sp³-hybridized carbons (Fsp3) is 0.619. The van der Waals surface area contributed by atoms with E-state index in [1.807, 2.05) is 29.2 Å². The molecule has 0 radical (unpaired) electrons. The van der Waals surface area contributed by atoms with Gasteiger partial charge in [0.25, 0.3) is 5.91 Å². The second kappa shape index (κ2) is 7.24. The van der Waals surface area contributed by atoms with E-state index >= 15 is 0 Å². The van der Waals surface area contributed by atoms with Gasteiger partial charge >= 0.3 is 0 Å². The van der Waals surface area contributed by atoms with Crippen molar-refractivity contribution in [2.24, 2.45) is 0 Å². The number of anilines is 1. The Kier molecular flexibility index (Phi) is 4.95. The molecule has 6 nitrogen and oxygen atoms in total. The second-order valence-corrected chi connectivity index (χ2v) is 7.86. The zero-order valence-electron chi connectivity index (χ0n) is 16.1. The first-order valence-corrected chi connectivity index (χ1v) is 9.87. The smallest absolute Gasteiger partial charge is 0.254 e. The number of hydrogen-bond acceptors (Lipinski definition) is 4. The molecule has 1 saturated carbocycles. The first kappa shape index (κ1) is 18.4. The number of methoxy groups -OCH3 is 2. The van der Waals surface area contributed by atoms with Gasteiger partial charge < -0.3 is 19.3 Å². The normalized spacial score (nSPS) is 30.7. The predicted molar refractivity (Wildman–Crippen MR) is 102 cm³/mol. The van der Waals surface area contributed by atoms with Gasteiger partial charge in [-0.15, -0.1) is 0 Å². The first-order chi connectivity index (χ1) is 13.1. The van der Waals surface area contributed by atoms with Crippen LogP contribution in [-0.4, -0.2) is 61.8 Å². The van der Waals surface area contributed by atoms with Crippen LogP contribution < -0.4 is 4.90 Å². The van der Waals surface area contributed by atoms with Crippen LogP contribution >= 0.6 is 0 Å². The summed E-state index contributed by atoms with van der Waals surface area (Å²) < 4.78 is 11.5. The van der Waals surface area contributed by atoms with Crippen molar-refractivity contribution >= 4 is 17.5 Å². The quantitative estimate of drug-likeness (QED) is 0.815. The Labute approximate surface area is 160 Å². The fourth-order valence-electron chi connectivity index (χ4n) is 4.99. The molecular weight excluding hydrogens is 344 g/mol. The van der Waals surface area contributed by atoms with Gasteiger partial charge in [0.1, 0.15) is 0 Å². The molecule has 0 N–H and O–H groups in total. The van der Waals surface area contributed by atoms with Crippen molar-refractivity contribution < 1.29 is 19.1 Å². The number of nitrogens with zero attached hydrogens (tertiary/aromatic N) is 2. The van der Waals surface area contributed by atoms with Gasteiger partial charge in [0.2, 0.25) is 5.91 Å². The summed E-state index contributed by atoms with van der Waals surface area (Å²) in [5.41, 5.74) is 1.29. The van der Waals surface area contributed by atoms with E-state index in [1.165, 1.54) is 0 Å². The molecule has 3 aliphatic rings. The Hall–Kier alpha value is -1.92. The summed E-state index contributed by atoms with van der Waals surface area (Å²) in [4.78, 5) is 28.9. The molecule has 3 fully saturated rings. The minimum Gasteiger partial charge on any atom is -0.381 e. The summed E-state index contributed by atoms with van der Waals surface area (Å²) in [7, 11) is 3.50. The zero-order chi connectivity index (χ0) is 19.0. The predicted octanol–water partition coefficient (Wildman–Crippen LogP) is 2.61. The van der Waals surface area contributed by atoms with E-state index in [9.17, 15) is 9.59 Å². The fourth-order valence-corrected chi connectivity index (χ4v) is 4.99. The SMILES string of the molecule is CO[C@@H]1CC[C@@]2(OC)CCN(C(=O)c3ccc(N4CCCC4=O)cc3)[C@H]2C1. The van der Waals surface area contributed by atoms with Gasteiger partial charge in [-0.05, 0) is 56.4 Å². The molecule has 1 aliphatic carbocycles. The van der Waals surface area contributed by atoms with Crippen molar-refractivity contribution in [3.8, 4) is 0 Å². The largest absolute Gasteiger partial charge is 0.381 e. The van der Waals surface area contributed by atoms with Crippen LogP contribution in [-0.2, 0) is 14.3 Å². The van der Waals surface area contributed by atoms with Crippen molar-refractivity contribution in [1.82, 2.24) is 4.90 Å². The Bertz CT molecular complexity index is 719. The summed E-state index contributed by atoms with van der Waals surface area (Å²) in [6.07, 6.45) is 5.27. The van der Waals surface area contributed by atoms with Crippen LogP contribution in [0.25, 0.3) is 0 Å². The minimum atomic E-state index is -0.243. The molecular formula is C21H28N2O4. The van der Waals surface area contributed by atoms with Gasteiger partial charge in [-0.25, -0.2) is 0 Å². The van der Waals surface area contributed by atoms with Crippen LogP contribution in [0.4, 0.5) is 5.69 Å². The van der Waals surface area contributed by atoms with E-state index in [1.54, 1.807) is 19.1 Å². The Morgan fingerprint density at radius 3 is 2.56 bits per heavy atom. The number of likely N-dealkylation sites (tertiary alicyclic amines) is 1. The average Bonchev–Trinajstić information content (AvgIpc) is 3.31. The van der Waals surface area contributed by atoms with Gasteiger partial charge in [-0.1, -0.05) is 0 Å². The third kappa shape index (κ3) is 3.15. The number of fused-ring (bicyclic) bond motifs is 1. The van der Waals surface area contributed by atoms with Crippen LogP contribution in [0.3, 0.4) is 0 Å². The molecule has 1 aromatic rings. The van der Waals surface area contributed by atoms with Crippen LogP contribution in [0.5, 0.6) is 0 Å². The summed E-state index contributed by atoms with van der Waals surface area (Å²) in [6.45, 7) is 1.47. The Morgan fingerprint density at radius 2 is 1.93 bits per heavy atom. The molecule has 27 heavy (non-hydrogen) atoms. The third-order valence-corrected chi connectivity index (χ3v) is 6.64. The highest BCUT2D eigenvalue weighted by atomic mass is 16.5. The Balaban J connectivity index is 1.52. The average molecular weight is 372 g/mol. The number of benzene rings is 1. The zero-order valence-corrected chi connectivity index (χ0v) is 16.1. The van der Waals surface area contributed by atoms with Crippen molar-refractivity contribution in [3.05, 3.63) is 29.8 Å². The number of ether oxygens (including phenoxy) is 2. The molecule has 4 rings (SSSR count). The van der Waals surface area contributed by atoms with Crippen molar-refractivity contribution in [3.63, 3.8) is 0 Å². The van der Waals surface area contributed by atoms with Crippen LogP contribution in [0.15, 0.2) is 24.3 Å². The third-order valence-electron chi connectivity index (χ3n) is 6.64. The van der Waals surface area contributed by atoms with Crippen LogP contribution in [0.2, 0.25) is 0 Å². The monoisotopic (exact) mass is 372 g/mol. The number of carbonyl (C=O) groups is 2. The molecule has 6 heteroatoms. The summed E-state index contributed by atoms with van der Waals surface area (Å²) in [5.74, 6) is 0.196. The van der Waals surface area contributed by atoms with Crippen LogP contribution in [0, 0.1) is 0 Å². The van der Waals surface area contributed by atoms with E-state index in [2.05, 4.69) is 0 Å². The molecule has 2 heterocycles. The second-order valence-electron chi connectivity index (χ2n) is 7.86. The van der Waals surface area contributed by atoms with E-state index in [0.29, 0.717) is 18.5 Å². The lowest BCUT2D eigenvalue weighted by atomic mass is 9.79. The highest BCUT2D eigenvalue weighted by Crippen LogP contribution is 2.43.